The molecule has 128 valence electrons. The fourth-order valence-electron chi connectivity index (χ4n) is 3.17. The van der Waals surface area contributed by atoms with Crippen molar-refractivity contribution in [3.05, 3.63) is 53.9 Å². The Kier molecular flexibility index (Phi) is 5.30. The van der Waals surface area contributed by atoms with Crippen LogP contribution in [0.2, 0.25) is 0 Å². The van der Waals surface area contributed by atoms with Gasteiger partial charge in [-0.1, -0.05) is 26.0 Å². The number of nitrogens with zero attached hydrogens (tertiary/aromatic N) is 4. The molecule has 1 saturated heterocycles. The molecule has 1 amide bonds. The zero-order valence-corrected chi connectivity index (χ0v) is 14.6. The maximum Gasteiger partial charge on any atom is 0.253 e. The fourth-order valence-corrected chi connectivity index (χ4v) is 3.17. The van der Waals surface area contributed by atoms with E-state index in [2.05, 4.69) is 23.8 Å². The van der Waals surface area contributed by atoms with Crippen molar-refractivity contribution < 1.29 is 4.79 Å². The van der Waals surface area contributed by atoms with Gasteiger partial charge in [-0.05, 0) is 29.7 Å². The highest BCUT2D eigenvalue weighted by Gasteiger charge is 2.22. The summed E-state index contributed by atoms with van der Waals surface area (Å²) in [5.74, 6) is 0.819. The van der Waals surface area contributed by atoms with Gasteiger partial charge in [-0.25, -0.2) is 0 Å². The normalized spacial score (nSPS) is 15.9. The van der Waals surface area contributed by atoms with Crippen molar-refractivity contribution in [2.45, 2.75) is 20.4 Å². The number of hydrogen-bond acceptors (Lipinski definition) is 3. The monoisotopic (exact) mass is 326 g/mol. The van der Waals surface area contributed by atoms with E-state index >= 15 is 0 Å². The summed E-state index contributed by atoms with van der Waals surface area (Å²) in [5.41, 5.74) is 1.92. The molecule has 1 aliphatic rings. The lowest BCUT2D eigenvalue weighted by molar-refractivity contribution is 0.0624. The van der Waals surface area contributed by atoms with E-state index < -0.39 is 0 Å². The summed E-state index contributed by atoms with van der Waals surface area (Å²) in [4.78, 5) is 17.1. The van der Waals surface area contributed by atoms with Crippen LogP contribution in [0.1, 0.15) is 29.8 Å². The van der Waals surface area contributed by atoms with E-state index in [9.17, 15) is 4.79 Å². The van der Waals surface area contributed by atoms with Crippen molar-refractivity contribution in [2.75, 3.05) is 32.7 Å². The molecule has 5 heteroatoms. The minimum absolute atomic E-state index is 0.143. The van der Waals surface area contributed by atoms with Crippen LogP contribution in [-0.2, 0) is 6.54 Å². The summed E-state index contributed by atoms with van der Waals surface area (Å²) < 4.78 is 1.88. The molecule has 5 nitrogen and oxygen atoms in total. The van der Waals surface area contributed by atoms with Crippen LogP contribution in [0.25, 0.3) is 0 Å². The Hall–Kier alpha value is -2.14. The third kappa shape index (κ3) is 4.23. The molecule has 1 fully saturated rings. The first-order valence-electron chi connectivity index (χ1n) is 8.70. The molecule has 0 saturated carbocycles. The van der Waals surface area contributed by atoms with Gasteiger partial charge in [0.2, 0.25) is 0 Å². The van der Waals surface area contributed by atoms with Gasteiger partial charge in [0.1, 0.15) is 0 Å². The number of amides is 1. The number of benzene rings is 1. The summed E-state index contributed by atoms with van der Waals surface area (Å²) in [6, 6.07) is 9.81. The average molecular weight is 326 g/mol. The Morgan fingerprint density at radius 1 is 1.12 bits per heavy atom. The molecule has 0 aliphatic carbocycles. The highest BCUT2D eigenvalue weighted by atomic mass is 16.2. The first-order chi connectivity index (χ1) is 11.6. The molecule has 0 bridgehead atoms. The van der Waals surface area contributed by atoms with E-state index in [1.54, 1.807) is 6.20 Å². The van der Waals surface area contributed by atoms with Crippen molar-refractivity contribution in [1.29, 1.82) is 0 Å². The van der Waals surface area contributed by atoms with Crippen molar-refractivity contribution in [3.8, 4) is 0 Å². The summed E-state index contributed by atoms with van der Waals surface area (Å²) in [5, 5.41) is 4.21. The number of piperazine rings is 1. The Morgan fingerprint density at radius 2 is 1.83 bits per heavy atom. The average Bonchev–Trinajstić information content (AvgIpc) is 3.08. The summed E-state index contributed by atoms with van der Waals surface area (Å²) >= 11 is 0. The van der Waals surface area contributed by atoms with Crippen molar-refractivity contribution in [2.24, 2.45) is 5.92 Å². The van der Waals surface area contributed by atoms with E-state index in [1.165, 1.54) is 0 Å². The first kappa shape index (κ1) is 16.7. The predicted octanol–water partition coefficient (Wildman–Crippen LogP) is 2.35. The van der Waals surface area contributed by atoms with Gasteiger partial charge in [-0.15, -0.1) is 0 Å². The lowest BCUT2D eigenvalue weighted by Crippen LogP contribution is -2.49. The Balaban J connectivity index is 1.55. The van der Waals surface area contributed by atoms with Crippen LogP contribution in [-0.4, -0.2) is 58.2 Å². The molecule has 3 rings (SSSR count). The second-order valence-electron chi connectivity index (χ2n) is 6.89. The number of hydrogen-bond donors (Lipinski definition) is 0. The van der Waals surface area contributed by atoms with Crippen molar-refractivity contribution in [3.63, 3.8) is 0 Å². The van der Waals surface area contributed by atoms with Crippen molar-refractivity contribution >= 4 is 5.91 Å². The lowest BCUT2D eigenvalue weighted by Gasteiger charge is -2.35. The number of rotatable bonds is 5. The third-order valence-electron chi connectivity index (χ3n) is 4.39. The maximum absolute atomic E-state index is 12.6. The lowest BCUT2D eigenvalue weighted by atomic mass is 10.1. The maximum atomic E-state index is 12.6. The molecule has 24 heavy (non-hydrogen) atoms. The summed E-state index contributed by atoms with van der Waals surface area (Å²) in [6.07, 6.45) is 3.71. The molecule has 0 N–H and O–H groups in total. The molecule has 1 aliphatic heterocycles. The number of aromatic nitrogens is 2. The quantitative estimate of drug-likeness (QED) is 0.847. The Morgan fingerprint density at radius 3 is 2.42 bits per heavy atom. The van der Waals surface area contributed by atoms with Crippen molar-refractivity contribution in [1.82, 2.24) is 19.6 Å². The number of carbonyl (C=O) groups excluding carboxylic acids is 1. The van der Waals surface area contributed by atoms with Gasteiger partial charge in [-0.3, -0.25) is 14.4 Å². The van der Waals surface area contributed by atoms with Crippen LogP contribution in [0.15, 0.2) is 42.7 Å². The molecule has 0 radical (unpaired) electrons. The van der Waals surface area contributed by atoms with E-state index in [1.807, 2.05) is 46.1 Å². The second-order valence-corrected chi connectivity index (χ2v) is 6.89. The molecule has 1 aromatic heterocycles. The van der Waals surface area contributed by atoms with Crippen LogP contribution < -0.4 is 0 Å². The molecule has 0 spiro atoms. The van der Waals surface area contributed by atoms with Crippen LogP contribution >= 0.6 is 0 Å². The van der Waals surface area contributed by atoms with E-state index in [4.69, 9.17) is 0 Å². The van der Waals surface area contributed by atoms with Crippen LogP contribution in [0.5, 0.6) is 0 Å². The van der Waals surface area contributed by atoms with Gasteiger partial charge in [0, 0.05) is 50.7 Å². The van der Waals surface area contributed by atoms with Gasteiger partial charge in [0.05, 0.1) is 6.54 Å². The minimum Gasteiger partial charge on any atom is -0.336 e. The summed E-state index contributed by atoms with van der Waals surface area (Å²) in [7, 11) is 0. The van der Waals surface area contributed by atoms with E-state index in [0.717, 1.165) is 50.4 Å². The van der Waals surface area contributed by atoms with Gasteiger partial charge in [-0.2, -0.15) is 5.10 Å². The minimum atomic E-state index is 0.143. The number of carbonyl (C=O) groups is 1. The molecular formula is C19H26N4O. The van der Waals surface area contributed by atoms with Gasteiger partial charge in [0.15, 0.2) is 0 Å². The third-order valence-corrected chi connectivity index (χ3v) is 4.39. The second kappa shape index (κ2) is 7.62. The predicted molar refractivity (Wildman–Crippen MR) is 95.0 cm³/mol. The van der Waals surface area contributed by atoms with E-state index in [0.29, 0.717) is 5.92 Å². The Bertz CT molecular complexity index is 641. The zero-order valence-electron chi connectivity index (χ0n) is 14.6. The van der Waals surface area contributed by atoms with Gasteiger partial charge < -0.3 is 4.90 Å². The molecule has 2 aromatic rings. The molecule has 2 heterocycles. The highest BCUT2D eigenvalue weighted by molar-refractivity contribution is 5.94. The Labute approximate surface area is 143 Å². The topological polar surface area (TPSA) is 41.4 Å². The molecular weight excluding hydrogens is 300 g/mol. The SMILES string of the molecule is CC(C)CN1CCN(C(=O)c2ccc(Cn3cccn3)cc2)CC1. The smallest absolute Gasteiger partial charge is 0.253 e. The standard InChI is InChI=1S/C19H26N4O/c1-16(2)14-21-10-12-22(13-11-21)19(24)18-6-4-17(5-7-18)15-23-9-3-8-20-23/h3-9,16H,10-15H2,1-2H3. The van der Waals surface area contributed by atoms with Crippen LogP contribution in [0.4, 0.5) is 0 Å². The van der Waals surface area contributed by atoms with Gasteiger partial charge in [0.25, 0.3) is 5.91 Å². The van der Waals surface area contributed by atoms with E-state index in [-0.39, 0.29) is 5.91 Å². The first-order valence-corrected chi connectivity index (χ1v) is 8.70. The summed E-state index contributed by atoms with van der Waals surface area (Å²) in [6.45, 7) is 9.91. The fraction of sp³-hybridized carbons (Fsp3) is 0.474. The van der Waals surface area contributed by atoms with Crippen LogP contribution in [0, 0.1) is 5.92 Å². The van der Waals surface area contributed by atoms with Crippen LogP contribution in [0.3, 0.4) is 0 Å². The molecule has 0 atom stereocenters. The van der Waals surface area contributed by atoms with Gasteiger partial charge >= 0.3 is 0 Å². The molecule has 1 aromatic carbocycles. The highest BCUT2D eigenvalue weighted by Crippen LogP contribution is 2.12. The molecule has 0 unspecified atom stereocenters. The zero-order chi connectivity index (χ0) is 16.9. The largest absolute Gasteiger partial charge is 0.336 e.